The highest BCUT2D eigenvalue weighted by molar-refractivity contribution is 6.42. The van der Waals surface area contributed by atoms with Crippen LogP contribution in [0.15, 0.2) is 77.7 Å². The predicted octanol–water partition coefficient (Wildman–Crippen LogP) is 5.15. The minimum absolute atomic E-state index is 0.0500. The molecule has 0 aliphatic carbocycles. The molecule has 0 unspecified atom stereocenters. The van der Waals surface area contributed by atoms with E-state index in [1.807, 2.05) is 60.8 Å². The van der Waals surface area contributed by atoms with Gasteiger partial charge in [-0.05, 0) is 42.0 Å². The number of para-hydroxylation sites is 1. The molecule has 2 aromatic heterocycles. The number of hydrogen-bond donors (Lipinski definition) is 0. The molecule has 0 radical (unpaired) electrons. The summed E-state index contributed by atoms with van der Waals surface area (Å²) >= 11 is 12.1. The lowest BCUT2D eigenvalue weighted by Crippen LogP contribution is -2.17. The molecular weight excluding hydrogens is 355 g/mol. The molecule has 4 rings (SSSR count). The fourth-order valence-corrected chi connectivity index (χ4v) is 3.32. The molecular formula is C20H14Cl2N2O. The number of fused-ring (bicyclic) bond motifs is 1. The van der Waals surface area contributed by atoms with Crippen LogP contribution in [0.1, 0.15) is 5.56 Å². The van der Waals surface area contributed by atoms with Crippen LogP contribution in [0.2, 0.25) is 10.0 Å². The van der Waals surface area contributed by atoms with Crippen LogP contribution >= 0.6 is 23.2 Å². The third kappa shape index (κ3) is 2.97. The summed E-state index contributed by atoms with van der Waals surface area (Å²) in [6.07, 6.45) is 1.98. The lowest BCUT2D eigenvalue weighted by molar-refractivity contribution is 0.835. The van der Waals surface area contributed by atoms with Crippen LogP contribution in [0.4, 0.5) is 0 Å². The molecule has 0 aliphatic rings. The Balaban J connectivity index is 1.82. The molecule has 3 nitrogen and oxygen atoms in total. The van der Waals surface area contributed by atoms with Gasteiger partial charge in [-0.2, -0.15) is 0 Å². The van der Waals surface area contributed by atoms with Gasteiger partial charge in [0.15, 0.2) is 0 Å². The maximum Gasteiger partial charge on any atom is 0.255 e. The molecule has 0 aliphatic heterocycles. The lowest BCUT2D eigenvalue weighted by Gasteiger charge is -2.10. The molecule has 0 atom stereocenters. The van der Waals surface area contributed by atoms with Gasteiger partial charge in [-0.25, -0.2) is 0 Å². The maximum atomic E-state index is 12.4. The van der Waals surface area contributed by atoms with Gasteiger partial charge >= 0.3 is 0 Å². The van der Waals surface area contributed by atoms with Gasteiger partial charge in [-0.3, -0.25) is 9.36 Å². The molecule has 25 heavy (non-hydrogen) atoms. The quantitative estimate of drug-likeness (QED) is 0.491. The van der Waals surface area contributed by atoms with E-state index in [-0.39, 0.29) is 5.56 Å². The van der Waals surface area contributed by atoms with E-state index in [0.29, 0.717) is 16.6 Å². The second kappa shape index (κ2) is 6.43. The Labute approximate surface area is 154 Å². The Morgan fingerprint density at radius 1 is 0.800 bits per heavy atom. The highest BCUT2D eigenvalue weighted by atomic mass is 35.5. The van der Waals surface area contributed by atoms with Gasteiger partial charge in [0.05, 0.1) is 21.1 Å². The zero-order valence-corrected chi connectivity index (χ0v) is 14.7. The standard InChI is InChI=1S/C20H14Cl2N2O/c21-16-7-6-14(12-17(16)22)13-23-11-10-19-18(23)8-9-20(25)24(19)15-4-2-1-3-5-15/h1-12H,13H2. The van der Waals surface area contributed by atoms with Gasteiger partial charge in [0.2, 0.25) is 0 Å². The van der Waals surface area contributed by atoms with Crippen LogP contribution < -0.4 is 5.56 Å². The van der Waals surface area contributed by atoms with Crippen molar-refractivity contribution in [2.75, 3.05) is 0 Å². The second-order valence-electron chi connectivity index (χ2n) is 5.81. The first-order chi connectivity index (χ1) is 12.1. The molecule has 0 saturated heterocycles. The summed E-state index contributed by atoms with van der Waals surface area (Å²) in [5.41, 5.74) is 3.70. The van der Waals surface area contributed by atoms with Crippen LogP contribution in [0.5, 0.6) is 0 Å². The van der Waals surface area contributed by atoms with E-state index in [9.17, 15) is 4.79 Å². The number of nitrogens with zero attached hydrogens (tertiary/aromatic N) is 2. The first-order valence-electron chi connectivity index (χ1n) is 7.84. The van der Waals surface area contributed by atoms with Crippen molar-refractivity contribution in [3.05, 3.63) is 98.9 Å². The van der Waals surface area contributed by atoms with Gasteiger partial charge < -0.3 is 4.57 Å². The third-order valence-corrected chi connectivity index (χ3v) is 4.92. The highest BCUT2D eigenvalue weighted by Gasteiger charge is 2.10. The van der Waals surface area contributed by atoms with Gasteiger partial charge in [0.25, 0.3) is 5.56 Å². The van der Waals surface area contributed by atoms with Gasteiger partial charge in [0, 0.05) is 24.5 Å². The molecule has 2 heterocycles. The molecule has 4 aromatic rings. The van der Waals surface area contributed by atoms with Crippen LogP contribution in [0, 0.1) is 0 Å². The summed E-state index contributed by atoms with van der Waals surface area (Å²) in [7, 11) is 0. The summed E-state index contributed by atoms with van der Waals surface area (Å²) in [4.78, 5) is 12.4. The summed E-state index contributed by atoms with van der Waals surface area (Å²) in [5, 5.41) is 1.08. The minimum Gasteiger partial charge on any atom is -0.342 e. The average Bonchev–Trinajstić information content (AvgIpc) is 3.01. The van der Waals surface area contributed by atoms with Crippen molar-refractivity contribution in [3.8, 4) is 5.69 Å². The average molecular weight is 369 g/mol. The molecule has 0 fully saturated rings. The Morgan fingerprint density at radius 2 is 1.60 bits per heavy atom. The molecule has 0 spiro atoms. The smallest absolute Gasteiger partial charge is 0.255 e. The van der Waals surface area contributed by atoms with Crippen molar-refractivity contribution in [2.24, 2.45) is 0 Å². The van der Waals surface area contributed by atoms with Crippen molar-refractivity contribution in [1.82, 2.24) is 9.13 Å². The topological polar surface area (TPSA) is 26.9 Å². The first kappa shape index (κ1) is 16.0. The Bertz CT molecular complexity index is 1110. The predicted molar refractivity (Wildman–Crippen MR) is 103 cm³/mol. The van der Waals surface area contributed by atoms with Crippen LogP contribution in [0.25, 0.3) is 16.7 Å². The van der Waals surface area contributed by atoms with Gasteiger partial charge in [-0.1, -0.05) is 47.5 Å². The number of pyridine rings is 1. The molecule has 0 N–H and O–H groups in total. The van der Waals surface area contributed by atoms with Gasteiger partial charge in [-0.15, -0.1) is 0 Å². The molecule has 0 bridgehead atoms. The number of aromatic nitrogens is 2. The number of halogens is 2. The minimum atomic E-state index is -0.0500. The summed E-state index contributed by atoms with van der Waals surface area (Å²) < 4.78 is 3.81. The van der Waals surface area contributed by atoms with E-state index in [1.54, 1.807) is 16.7 Å². The number of benzene rings is 2. The van der Waals surface area contributed by atoms with E-state index in [2.05, 4.69) is 4.57 Å². The fourth-order valence-electron chi connectivity index (χ4n) is 3.00. The molecule has 5 heteroatoms. The zero-order valence-electron chi connectivity index (χ0n) is 13.2. The molecule has 0 amide bonds. The normalized spacial score (nSPS) is 11.1. The van der Waals surface area contributed by atoms with E-state index in [0.717, 1.165) is 22.3 Å². The zero-order chi connectivity index (χ0) is 17.4. The highest BCUT2D eigenvalue weighted by Crippen LogP contribution is 2.24. The van der Waals surface area contributed by atoms with Crippen molar-refractivity contribution in [1.29, 1.82) is 0 Å². The monoisotopic (exact) mass is 368 g/mol. The third-order valence-electron chi connectivity index (χ3n) is 4.18. The van der Waals surface area contributed by atoms with Crippen molar-refractivity contribution in [2.45, 2.75) is 6.54 Å². The lowest BCUT2D eigenvalue weighted by atomic mass is 10.2. The first-order valence-corrected chi connectivity index (χ1v) is 8.59. The van der Waals surface area contributed by atoms with Crippen LogP contribution in [0.3, 0.4) is 0 Å². The van der Waals surface area contributed by atoms with E-state index < -0.39 is 0 Å². The molecule has 2 aromatic carbocycles. The van der Waals surface area contributed by atoms with Gasteiger partial charge in [0.1, 0.15) is 0 Å². The molecule has 0 saturated carbocycles. The number of hydrogen-bond acceptors (Lipinski definition) is 1. The second-order valence-corrected chi connectivity index (χ2v) is 6.62. The van der Waals surface area contributed by atoms with Crippen molar-refractivity contribution < 1.29 is 0 Å². The van der Waals surface area contributed by atoms with Crippen molar-refractivity contribution >= 4 is 34.2 Å². The Hall–Kier alpha value is -2.49. The largest absolute Gasteiger partial charge is 0.342 e. The molecule has 124 valence electrons. The van der Waals surface area contributed by atoms with Crippen LogP contribution in [-0.4, -0.2) is 9.13 Å². The fraction of sp³-hybridized carbons (Fsp3) is 0.0500. The SMILES string of the molecule is O=c1ccc2c(ccn2Cc2ccc(Cl)c(Cl)c2)n1-c1ccccc1. The Morgan fingerprint density at radius 3 is 2.36 bits per heavy atom. The number of rotatable bonds is 3. The summed E-state index contributed by atoms with van der Waals surface area (Å²) in [6.45, 7) is 0.646. The van der Waals surface area contributed by atoms with E-state index >= 15 is 0 Å². The van der Waals surface area contributed by atoms with Crippen molar-refractivity contribution in [3.63, 3.8) is 0 Å². The maximum absolute atomic E-state index is 12.4. The van der Waals surface area contributed by atoms with Crippen LogP contribution in [-0.2, 0) is 6.54 Å². The van der Waals surface area contributed by atoms with E-state index in [1.165, 1.54) is 0 Å². The summed E-state index contributed by atoms with van der Waals surface area (Å²) in [6, 6.07) is 20.7. The van der Waals surface area contributed by atoms with E-state index in [4.69, 9.17) is 23.2 Å². The Kier molecular flexibility index (Phi) is 4.12. The summed E-state index contributed by atoms with van der Waals surface area (Å²) in [5.74, 6) is 0.